The fourth-order valence-electron chi connectivity index (χ4n) is 8.07. The molecule has 0 aromatic carbocycles. The van der Waals surface area contributed by atoms with Crippen molar-refractivity contribution in [3.63, 3.8) is 0 Å². The van der Waals surface area contributed by atoms with Crippen LogP contribution in [0.25, 0.3) is 0 Å². The first-order valence-electron chi connectivity index (χ1n) is 30.0. The highest BCUT2D eigenvalue weighted by atomic mass is 16.6. The summed E-state index contributed by atoms with van der Waals surface area (Å²) in [5.41, 5.74) is 0. The van der Waals surface area contributed by atoms with Crippen LogP contribution in [0, 0.1) is 0 Å². The van der Waals surface area contributed by atoms with E-state index in [1.807, 2.05) is 6.08 Å². The highest BCUT2D eigenvalue weighted by Gasteiger charge is 2.19. The number of ether oxygens (including phenoxy) is 3. The summed E-state index contributed by atoms with van der Waals surface area (Å²) >= 11 is 0. The van der Waals surface area contributed by atoms with Gasteiger partial charge in [0, 0.05) is 12.8 Å². The Hall–Kier alpha value is -4.19. The minimum Gasteiger partial charge on any atom is -0.462 e. The Kier molecular flexibility index (Phi) is 56.9. The summed E-state index contributed by atoms with van der Waals surface area (Å²) < 4.78 is 16.8. The number of allylic oxidation sites excluding steroid dienone is 19. The van der Waals surface area contributed by atoms with Gasteiger partial charge in [-0.2, -0.15) is 0 Å². The fraction of sp³-hybridized carbons (Fsp3) is 0.657. The van der Waals surface area contributed by atoms with Crippen LogP contribution in [0.15, 0.2) is 122 Å². The predicted molar refractivity (Wildman–Crippen MR) is 316 cm³/mol. The molecular weight excluding hydrogens is 901 g/mol. The maximum Gasteiger partial charge on any atom is 0.309 e. The Morgan fingerprint density at radius 1 is 0.301 bits per heavy atom. The molecule has 6 nitrogen and oxygen atoms in total. The molecule has 73 heavy (non-hydrogen) atoms. The number of hydrogen-bond donors (Lipinski definition) is 0. The lowest BCUT2D eigenvalue weighted by atomic mass is 10.0. The second kappa shape index (κ2) is 60.4. The van der Waals surface area contributed by atoms with Gasteiger partial charge in [0.25, 0.3) is 0 Å². The first-order valence-corrected chi connectivity index (χ1v) is 30.0. The second-order valence-corrected chi connectivity index (χ2v) is 19.5. The van der Waals surface area contributed by atoms with Crippen molar-refractivity contribution in [1.29, 1.82) is 0 Å². The van der Waals surface area contributed by atoms with E-state index in [-0.39, 0.29) is 38.0 Å². The predicted octanol–water partition coefficient (Wildman–Crippen LogP) is 20.4. The van der Waals surface area contributed by atoms with E-state index >= 15 is 0 Å². The van der Waals surface area contributed by atoms with Gasteiger partial charge in [-0.15, -0.1) is 0 Å². The molecule has 0 amide bonds. The minimum atomic E-state index is -0.838. The van der Waals surface area contributed by atoms with E-state index in [0.717, 1.165) is 103 Å². The molecule has 6 heteroatoms. The van der Waals surface area contributed by atoms with E-state index in [2.05, 4.69) is 130 Å². The van der Waals surface area contributed by atoms with Gasteiger partial charge in [0.2, 0.25) is 0 Å². The first-order chi connectivity index (χ1) is 36.0. The van der Waals surface area contributed by atoms with Gasteiger partial charge in [0.1, 0.15) is 13.2 Å². The van der Waals surface area contributed by atoms with Crippen molar-refractivity contribution in [2.45, 2.75) is 271 Å². The normalized spacial score (nSPS) is 13.0. The number of carbonyl (C=O) groups is 3. The highest BCUT2D eigenvalue weighted by Crippen LogP contribution is 2.16. The Balaban J connectivity index is 4.50. The zero-order valence-electron chi connectivity index (χ0n) is 47.4. The van der Waals surface area contributed by atoms with Gasteiger partial charge in [0.15, 0.2) is 6.10 Å². The van der Waals surface area contributed by atoms with Crippen molar-refractivity contribution >= 4 is 17.9 Å². The third-order valence-corrected chi connectivity index (χ3v) is 12.5. The number of esters is 3. The smallest absolute Gasteiger partial charge is 0.309 e. The van der Waals surface area contributed by atoms with Crippen LogP contribution in [0.5, 0.6) is 0 Å². The third kappa shape index (κ3) is 58.6. The second-order valence-electron chi connectivity index (χ2n) is 19.5. The first kappa shape index (κ1) is 68.8. The highest BCUT2D eigenvalue weighted by molar-refractivity contribution is 5.72. The van der Waals surface area contributed by atoms with E-state index in [9.17, 15) is 14.4 Å². The van der Waals surface area contributed by atoms with Crippen LogP contribution in [0.1, 0.15) is 265 Å². The lowest BCUT2D eigenvalue weighted by Crippen LogP contribution is -2.30. The summed E-state index contributed by atoms with van der Waals surface area (Å²) in [5.74, 6) is -1.09. The standard InChI is InChI=1S/C67H110O6/c1-4-7-10-13-16-19-22-25-28-30-32-33-35-36-39-42-45-48-51-54-57-60-66(69)72-63-64(62-71-65(68)59-56-53-50-47-44-41-38-27-24-21-18-15-12-9-6-3)73-67(70)61-58-55-52-49-46-43-40-37-34-31-29-26-23-20-17-14-11-8-5-2/h8-9,11-12,17-18,20-21,26-27,29,34,37-38,43-44,46-47,53,56,64H,4-7,10,13-16,19,22-25,28,30-33,35-36,39-42,45,48-52,54-55,57-63H2,1-3H3/b11-8-,12-9-,20-17-,21-18-,29-26-,37-34-,38-27-,46-43-,47-44-,56-53-. The fourth-order valence-corrected chi connectivity index (χ4v) is 8.07. The lowest BCUT2D eigenvalue weighted by molar-refractivity contribution is -0.166. The van der Waals surface area contributed by atoms with Gasteiger partial charge in [-0.25, -0.2) is 0 Å². The molecule has 414 valence electrons. The van der Waals surface area contributed by atoms with Gasteiger partial charge in [-0.05, 0) is 89.9 Å². The van der Waals surface area contributed by atoms with Crippen LogP contribution in [-0.4, -0.2) is 37.2 Å². The van der Waals surface area contributed by atoms with Gasteiger partial charge >= 0.3 is 17.9 Å². The Bertz CT molecular complexity index is 1540. The van der Waals surface area contributed by atoms with E-state index in [1.165, 1.54) is 116 Å². The molecule has 0 saturated heterocycles. The Labute approximate surface area is 450 Å². The molecule has 0 aliphatic rings. The quantitative estimate of drug-likeness (QED) is 0.0261. The molecule has 0 N–H and O–H groups in total. The summed E-state index contributed by atoms with van der Waals surface area (Å²) in [7, 11) is 0. The summed E-state index contributed by atoms with van der Waals surface area (Å²) in [4.78, 5) is 38.2. The van der Waals surface area contributed by atoms with Gasteiger partial charge in [0.05, 0.1) is 6.42 Å². The van der Waals surface area contributed by atoms with E-state index < -0.39 is 12.1 Å². The maximum absolute atomic E-state index is 12.9. The maximum atomic E-state index is 12.9. The topological polar surface area (TPSA) is 78.9 Å². The molecule has 0 aromatic rings. The third-order valence-electron chi connectivity index (χ3n) is 12.5. The number of rotatable bonds is 53. The largest absolute Gasteiger partial charge is 0.462 e. The van der Waals surface area contributed by atoms with Crippen LogP contribution in [-0.2, 0) is 28.6 Å². The average Bonchev–Trinajstić information content (AvgIpc) is 3.39. The van der Waals surface area contributed by atoms with Crippen LogP contribution in [0.3, 0.4) is 0 Å². The van der Waals surface area contributed by atoms with Crippen molar-refractivity contribution in [2.75, 3.05) is 13.2 Å². The Morgan fingerprint density at radius 3 is 0.959 bits per heavy atom. The monoisotopic (exact) mass is 1010 g/mol. The Morgan fingerprint density at radius 2 is 0.589 bits per heavy atom. The SMILES string of the molecule is CC/C=C\C/C=C\C/C=C\C/C=C\C/C=C\CCCCCC(=O)OC(COC(=O)C/C=C\C/C=C\C/C=C\C/C=C\C/C=C\CC)COC(=O)CCCCCCCCCCCCCCCCCCCCCCC. The molecule has 0 rings (SSSR count). The average molecular weight is 1010 g/mol. The molecule has 1 unspecified atom stereocenters. The van der Waals surface area contributed by atoms with Crippen LogP contribution in [0.4, 0.5) is 0 Å². The summed E-state index contributed by atoms with van der Waals surface area (Å²) in [5, 5.41) is 0. The number of unbranched alkanes of at least 4 members (excludes halogenated alkanes) is 23. The molecule has 0 fully saturated rings. The molecule has 0 aliphatic heterocycles. The van der Waals surface area contributed by atoms with Crippen molar-refractivity contribution in [3.8, 4) is 0 Å². The van der Waals surface area contributed by atoms with Gasteiger partial charge < -0.3 is 14.2 Å². The molecule has 0 heterocycles. The van der Waals surface area contributed by atoms with E-state index in [0.29, 0.717) is 12.8 Å². The van der Waals surface area contributed by atoms with E-state index in [4.69, 9.17) is 14.2 Å². The molecule has 1 atom stereocenters. The summed E-state index contributed by atoms with van der Waals surface area (Å²) in [6.45, 7) is 6.31. The molecule has 0 radical (unpaired) electrons. The van der Waals surface area contributed by atoms with Crippen molar-refractivity contribution in [2.24, 2.45) is 0 Å². The molecule has 0 saturated carbocycles. The molecule has 0 spiro atoms. The number of hydrogen-bond acceptors (Lipinski definition) is 6. The van der Waals surface area contributed by atoms with Crippen molar-refractivity contribution in [3.05, 3.63) is 122 Å². The van der Waals surface area contributed by atoms with Crippen LogP contribution < -0.4 is 0 Å². The van der Waals surface area contributed by atoms with Gasteiger partial charge in [-0.3, -0.25) is 14.4 Å². The molecule has 0 aromatic heterocycles. The zero-order valence-corrected chi connectivity index (χ0v) is 47.4. The summed E-state index contributed by atoms with van der Waals surface area (Å²) in [6, 6.07) is 0. The molecular formula is C67H110O6. The zero-order chi connectivity index (χ0) is 52.9. The lowest BCUT2D eigenvalue weighted by Gasteiger charge is -2.18. The summed E-state index contributed by atoms with van der Waals surface area (Å²) in [6.07, 6.45) is 83.7. The van der Waals surface area contributed by atoms with E-state index in [1.54, 1.807) is 6.08 Å². The number of carbonyl (C=O) groups excluding carboxylic acids is 3. The molecule has 0 bridgehead atoms. The van der Waals surface area contributed by atoms with Crippen LogP contribution >= 0.6 is 0 Å². The molecule has 0 aliphatic carbocycles. The van der Waals surface area contributed by atoms with Crippen LogP contribution in [0.2, 0.25) is 0 Å². The van der Waals surface area contributed by atoms with Gasteiger partial charge in [-0.1, -0.05) is 277 Å². The minimum absolute atomic E-state index is 0.116. The van der Waals surface area contributed by atoms with Crippen molar-refractivity contribution < 1.29 is 28.6 Å². The van der Waals surface area contributed by atoms with Crippen molar-refractivity contribution in [1.82, 2.24) is 0 Å².